The zero-order chi connectivity index (χ0) is 53.6. The molecule has 0 fully saturated rings. The molecule has 1 aromatic heterocycles. The summed E-state index contributed by atoms with van der Waals surface area (Å²) >= 11 is 0. The number of benzene rings is 12. The predicted octanol–water partition coefficient (Wildman–Crippen LogP) is 21.2. The van der Waals surface area contributed by atoms with Gasteiger partial charge in [0.2, 0.25) is 0 Å². The summed E-state index contributed by atoms with van der Waals surface area (Å²) in [5, 5.41) is 0. The maximum atomic E-state index is 5.65. The largest absolute Gasteiger partial charge is 0.228 e. The van der Waals surface area contributed by atoms with Gasteiger partial charge in [-0.05, 0) is 130 Å². The van der Waals surface area contributed by atoms with Gasteiger partial charge in [-0.2, -0.15) is 0 Å². The van der Waals surface area contributed by atoms with Gasteiger partial charge in [-0.1, -0.05) is 243 Å². The summed E-state index contributed by atoms with van der Waals surface area (Å²) in [5.74, 6) is 0.651. The Hall–Kier alpha value is -9.58. The number of hydrogen-bond donors (Lipinski definition) is 0. The zero-order valence-electron chi connectivity index (χ0n) is 44.0. The van der Waals surface area contributed by atoms with Crippen molar-refractivity contribution < 1.29 is 0 Å². The highest BCUT2D eigenvalue weighted by Gasteiger charge is 2.39. The van der Waals surface area contributed by atoms with Crippen molar-refractivity contribution >= 4 is 20.1 Å². The molecule has 0 amide bonds. The minimum absolute atomic E-state index is 0.651. The molecule has 80 heavy (non-hydrogen) atoms. The highest BCUT2D eigenvalue weighted by molar-refractivity contribution is 8.34. The lowest BCUT2D eigenvalue weighted by Crippen LogP contribution is -2.10. The Morgan fingerprint density at radius 3 is 0.713 bits per heavy atom. The summed E-state index contributed by atoms with van der Waals surface area (Å²) in [6.45, 7) is 0. The standard InChI is InChI=1S/C76H56N2S2/c1-9-28-57(29-10-1)62-38-25-47-69(50-62)79(66-41-19-6-20-42-66,67-43-21-7-22-44-67)72-53-65(76-77-74(60-34-15-4-16-35-60)56-75(78-76)61-36-17-5-18-37-61)54-73(55-72)80(68-45-23-8-24-46-68,70-48-26-39-63(51-70)58-30-11-2-12-31-58)71-49-27-40-64(52-71)59-32-13-3-14-33-59/h1-56H. The highest BCUT2D eigenvalue weighted by Crippen LogP contribution is 2.78. The Morgan fingerprint density at radius 1 is 0.163 bits per heavy atom. The number of hydrogen-bond acceptors (Lipinski definition) is 2. The van der Waals surface area contributed by atoms with E-state index in [2.05, 4.69) is 340 Å². The first-order valence-corrected chi connectivity index (χ1v) is 30.4. The lowest BCUT2D eigenvalue weighted by molar-refractivity contribution is 1.15. The molecule has 0 N–H and O–H groups in total. The topological polar surface area (TPSA) is 25.8 Å². The van der Waals surface area contributed by atoms with Gasteiger partial charge in [0.1, 0.15) is 0 Å². The van der Waals surface area contributed by atoms with Crippen molar-refractivity contribution in [1.29, 1.82) is 0 Å². The molecule has 0 radical (unpaired) electrons. The van der Waals surface area contributed by atoms with Gasteiger partial charge in [-0.25, -0.2) is 9.97 Å². The Kier molecular flexibility index (Phi) is 14.0. The number of aromatic nitrogens is 2. The normalized spacial score (nSPS) is 11.9. The van der Waals surface area contributed by atoms with E-state index in [0.29, 0.717) is 5.82 Å². The van der Waals surface area contributed by atoms with Crippen LogP contribution in [0.15, 0.2) is 379 Å². The first-order chi connectivity index (χ1) is 39.6. The molecule has 12 aromatic carbocycles. The predicted molar refractivity (Wildman–Crippen MR) is 335 cm³/mol. The molecule has 4 heteroatoms. The Labute approximate surface area is 473 Å². The Balaban J connectivity index is 1.22. The number of rotatable bonds is 14. The van der Waals surface area contributed by atoms with Gasteiger partial charge in [0.15, 0.2) is 5.82 Å². The summed E-state index contributed by atoms with van der Waals surface area (Å²) in [6.07, 6.45) is 0. The lowest BCUT2D eigenvalue weighted by Gasteiger charge is -2.46. The summed E-state index contributed by atoms with van der Waals surface area (Å²) in [5.41, 5.74) is 11.7. The fraction of sp³-hybridized carbons (Fsp3) is 0. The molecule has 1 heterocycles. The van der Waals surface area contributed by atoms with E-state index in [4.69, 9.17) is 9.97 Å². The summed E-state index contributed by atoms with van der Waals surface area (Å²) in [6, 6.07) is 125. The fourth-order valence-corrected chi connectivity index (χ4v) is 19.2. The van der Waals surface area contributed by atoms with Gasteiger partial charge in [0.05, 0.1) is 11.4 Å². The van der Waals surface area contributed by atoms with Crippen LogP contribution in [0.3, 0.4) is 0 Å². The fourth-order valence-electron chi connectivity index (χ4n) is 11.1. The molecule has 0 spiro atoms. The summed E-state index contributed by atoms with van der Waals surface area (Å²) < 4.78 is 0. The van der Waals surface area contributed by atoms with Gasteiger partial charge in [0, 0.05) is 55.9 Å². The maximum Gasteiger partial charge on any atom is 0.160 e. The van der Waals surface area contributed by atoms with Crippen molar-refractivity contribution in [1.82, 2.24) is 9.97 Å². The van der Waals surface area contributed by atoms with E-state index in [9.17, 15) is 0 Å². The van der Waals surface area contributed by atoms with Crippen LogP contribution < -0.4 is 0 Å². The maximum absolute atomic E-state index is 5.65. The molecule has 382 valence electrons. The molecule has 13 aromatic rings. The minimum atomic E-state index is -2.45. The van der Waals surface area contributed by atoms with E-state index in [1.54, 1.807) is 0 Å². The average Bonchev–Trinajstić information content (AvgIpc) is 3.44. The molecule has 0 bridgehead atoms. The third kappa shape index (κ3) is 9.55. The first kappa shape index (κ1) is 50.0. The van der Waals surface area contributed by atoms with Crippen molar-refractivity contribution in [2.45, 2.75) is 39.2 Å². The van der Waals surface area contributed by atoms with E-state index in [0.717, 1.165) is 55.9 Å². The minimum Gasteiger partial charge on any atom is -0.228 e. The number of nitrogens with zero attached hydrogens (tertiary/aromatic N) is 2. The van der Waals surface area contributed by atoms with Crippen LogP contribution in [-0.2, 0) is 0 Å². The monoisotopic (exact) mass is 1060 g/mol. The van der Waals surface area contributed by atoms with E-state index in [-0.39, 0.29) is 0 Å². The van der Waals surface area contributed by atoms with Crippen molar-refractivity contribution in [3.63, 3.8) is 0 Å². The molecule has 2 nitrogen and oxygen atoms in total. The van der Waals surface area contributed by atoms with Gasteiger partial charge < -0.3 is 0 Å². The molecule has 0 aliphatic heterocycles. The molecule has 13 rings (SSSR count). The van der Waals surface area contributed by atoms with Gasteiger partial charge >= 0.3 is 0 Å². The van der Waals surface area contributed by atoms with E-state index < -0.39 is 20.1 Å². The van der Waals surface area contributed by atoms with Gasteiger partial charge in [0.25, 0.3) is 0 Å². The Bertz CT molecular complexity index is 4020. The van der Waals surface area contributed by atoms with Crippen molar-refractivity contribution in [3.05, 3.63) is 340 Å². The Morgan fingerprint density at radius 2 is 0.400 bits per heavy atom. The molecule has 0 aliphatic rings. The average molecular weight is 1060 g/mol. The molecule has 0 atom stereocenters. The second-order valence-electron chi connectivity index (χ2n) is 19.7. The van der Waals surface area contributed by atoms with E-state index in [1.807, 2.05) is 0 Å². The smallest absolute Gasteiger partial charge is 0.160 e. The SMILES string of the molecule is c1ccc(-c2cccc(S(c3ccccc3)(c3ccccc3)c3cc(-c4nc(-c5ccccc5)cc(-c5ccccc5)n4)cc(S(c4ccccc4)(c4cccc(-c5ccccc5)c4)c4cccc(-c5ccccc5)c4)c3)c2)cc1. The van der Waals surface area contributed by atoms with Gasteiger partial charge in [-0.15, -0.1) is 20.1 Å². The highest BCUT2D eigenvalue weighted by atomic mass is 32.3. The van der Waals surface area contributed by atoms with E-state index in [1.165, 1.54) is 44.7 Å². The van der Waals surface area contributed by atoms with Crippen molar-refractivity contribution in [2.24, 2.45) is 0 Å². The second kappa shape index (κ2) is 22.4. The van der Waals surface area contributed by atoms with Crippen LogP contribution in [0.5, 0.6) is 0 Å². The summed E-state index contributed by atoms with van der Waals surface area (Å²) in [7, 11) is -4.82. The zero-order valence-corrected chi connectivity index (χ0v) is 45.7. The molecule has 0 aliphatic carbocycles. The van der Waals surface area contributed by atoms with Crippen molar-refractivity contribution in [2.75, 3.05) is 0 Å². The molecule has 0 saturated heterocycles. The van der Waals surface area contributed by atoms with Crippen LogP contribution >= 0.6 is 20.1 Å². The third-order valence-electron chi connectivity index (χ3n) is 14.9. The molecule has 0 saturated carbocycles. The van der Waals surface area contributed by atoms with Crippen LogP contribution in [0, 0.1) is 0 Å². The van der Waals surface area contributed by atoms with Crippen LogP contribution in [-0.4, -0.2) is 9.97 Å². The van der Waals surface area contributed by atoms with E-state index >= 15 is 0 Å². The van der Waals surface area contributed by atoms with Crippen LogP contribution in [0.2, 0.25) is 0 Å². The van der Waals surface area contributed by atoms with Crippen LogP contribution in [0.25, 0.3) is 67.3 Å². The molecular weight excluding hydrogens is 1000 g/mol. The first-order valence-electron chi connectivity index (χ1n) is 27.1. The lowest BCUT2D eigenvalue weighted by atomic mass is 10.1. The molecule has 0 unspecified atom stereocenters. The summed E-state index contributed by atoms with van der Waals surface area (Å²) in [4.78, 5) is 21.0. The van der Waals surface area contributed by atoms with Crippen molar-refractivity contribution in [3.8, 4) is 67.3 Å². The third-order valence-corrected chi connectivity index (χ3v) is 22.6. The van der Waals surface area contributed by atoms with Crippen LogP contribution in [0.1, 0.15) is 0 Å². The second-order valence-corrected chi connectivity index (χ2v) is 26.0. The van der Waals surface area contributed by atoms with Gasteiger partial charge in [-0.3, -0.25) is 0 Å². The quantitative estimate of drug-likeness (QED) is 0.108. The molecular formula is C76H56N2S2. The van der Waals surface area contributed by atoms with Crippen LogP contribution in [0.4, 0.5) is 0 Å².